The molecule has 19 heavy (non-hydrogen) atoms. The third-order valence-electron chi connectivity index (χ3n) is 4.09. The van der Waals surface area contributed by atoms with Crippen LogP contribution in [0.25, 0.3) is 0 Å². The van der Waals surface area contributed by atoms with Gasteiger partial charge in [0.05, 0.1) is 0 Å². The van der Waals surface area contributed by atoms with Crippen LogP contribution in [0.15, 0.2) is 18.2 Å². The van der Waals surface area contributed by atoms with E-state index in [4.69, 9.17) is 11.6 Å². The Balaban J connectivity index is 2.22. The SMILES string of the molecule is CCNC(c1ccc(F)cc1Cl)C1CCCCCC1. The van der Waals surface area contributed by atoms with Gasteiger partial charge in [-0.2, -0.15) is 0 Å². The molecule has 3 heteroatoms. The summed E-state index contributed by atoms with van der Waals surface area (Å²) in [6, 6.07) is 5.05. The molecule has 1 aliphatic rings. The van der Waals surface area contributed by atoms with Crippen molar-refractivity contribution in [3.63, 3.8) is 0 Å². The van der Waals surface area contributed by atoms with Crippen LogP contribution in [0.3, 0.4) is 0 Å². The van der Waals surface area contributed by atoms with Crippen molar-refractivity contribution >= 4 is 11.6 Å². The monoisotopic (exact) mass is 283 g/mol. The zero-order valence-corrected chi connectivity index (χ0v) is 12.3. The largest absolute Gasteiger partial charge is 0.310 e. The molecule has 1 saturated carbocycles. The van der Waals surface area contributed by atoms with Crippen molar-refractivity contribution in [3.05, 3.63) is 34.6 Å². The normalized spacial score (nSPS) is 19.1. The molecule has 1 aliphatic carbocycles. The van der Waals surface area contributed by atoms with E-state index in [0.29, 0.717) is 10.9 Å². The Labute approximate surface area is 120 Å². The lowest BCUT2D eigenvalue weighted by molar-refractivity contribution is 0.330. The van der Waals surface area contributed by atoms with Gasteiger partial charge in [-0.25, -0.2) is 4.39 Å². The summed E-state index contributed by atoms with van der Waals surface area (Å²) in [6.45, 7) is 3.02. The number of nitrogens with one attached hydrogen (secondary N) is 1. The van der Waals surface area contributed by atoms with Gasteiger partial charge in [0.25, 0.3) is 0 Å². The maximum Gasteiger partial charge on any atom is 0.124 e. The van der Waals surface area contributed by atoms with Crippen molar-refractivity contribution < 1.29 is 4.39 Å². The summed E-state index contributed by atoms with van der Waals surface area (Å²) in [5.74, 6) is 0.357. The Morgan fingerprint density at radius 3 is 2.53 bits per heavy atom. The van der Waals surface area contributed by atoms with E-state index < -0.39 is 0 Å². The molecule has 1 aromatic rings. The molecule has 1 nitrogen and oxygen atoms in total. The zero-order valence-electron chi connectivity index (χ0n) is 11.6. The van der Waals surface area contributed by atoms with E-state index in [2.05, 4.69) is 12.2 Å². The Kier molecular flexibility index (Phi) is 5.65. The van der Waals surface area contributed by atoms with Crippen molar-refractivity contribution in [1.82, 2.24) is 5.32 Å². The van der Waals surface area contributed by atoms with Crippen LogP contribution in [0, 0.1) is 11.7 Å². The molecule has 0 heterocycles. The van der Waals surface area contributed by atoms with Crippen LogP contribution in [0.2, 0.25) is 5.02 Å². The Hall–Kier alpha value is -0.600. The molecule has 1 fully saturated rings. The molecule has 1 atom stereocenters. The highest BCUT2D eigenvalue weighted by atomic mass is 35.5. The molecule has 0 bridgehead atoms. The minimum absolute atomic E-state index is 0.259. The van der Waals surface area contributed by atoms with Gasteiger partial charge in [0.15, 0.2) is 0 Å². The van der Waals surface area contributed by atoms with E-state index in [0.717, 1.165) is 12.1 Å². The lowest BCUT2D eigenvalue weighted by Crippen LogP contribution is -2.28. The van der Waals surface area contributed by atoms with Crippen LogP contribution >= 0.6 is 11.6 Å². The first kappa shape index (κ1) is 14.8. The lowest BCUT2D eigenvalue weighted by Gasteiger charge is -2.28. The summed E-state index contributed by atoms with van der Waals surface area (Å²) in [5, 5.41) is 4.10. The van der Waals surface area contributed by atoms with Crippen molar-refractivity contribution in [1.29, 1.82) is 0 Å². The van der Waals surface area contributed by atoms with Crippen LogP contribution in [0.5, 0.6) is 0 Å². The van der Waals surface area contributed by atoms with Crippen molar-refractivity contribution in [2.75, 3.05) is 6.54 Å². The van der Waals surface area contributed by atoms with E-state index in [-0.39, 0.29) is 11.9 Å². The van der Waals surface area contributed by atoms with Gasteiger partial charge in [-0.15, -0.1) is 0 Å². The Morgan fingerprint density at radius 2 is 1.95 bits per heavy atom. The molecule has 0 amide bonds. The van der Waals surface area contributed by atoms with Gasteiger partial charge >= 0.3 is 0 Å². The smallest absolute Gasteiger partial charge is 0.124 e. The van der Waals surface area contributed by atoms with E-state index in [1.165, 1.54) is 50.7 Å². The standard InChI is InChI=1S/C16H23ClFN/c1-2-19-16(12-7-5-3-4-6-8-12)14-10-9-13(18)11-15(14)17/h9-12,16,19H,2-8H2,1H3. The van der Waals surface area contributed by atoms with Gasteiger partial charge < -0.3 is 5.32 Å². The van der Waals surface area contributed by atoms with E-state index >= 15 is 0 Å². The molecule has 106 valence electrons. The third-order valence-corrected chi connectivity index (χ3v) is 4.42. The van der Waals surface area contributed by atoms with Crippen LogP contribution < -0.4 is 5.32 Å². The van der Waals surface area contributed by atoms with Crippen molar-refractivity contribution in [2.24, 2.45) is 5.92 Å². The quantitative estimate of drug-likeness (QED) is 0.758. The molecule has 1 N–H and O–H groups in total. The molecule has 1 aromatic carbocycles. The number of rotatable bonds is 4. The third kappa shape index (κ3) is 3.93. The number of halogens is 2. The lowest BCUT2D eigenvalue weighted by atomic mass is 9.87. The summed E-state index contributed by atoms with van der Waals surface area (Å²) < 4.78 is 13.2. The summed E-state index contributed by atoms with van der Waals surface area (Å²) in [6.07, 6.45) is 7.76. The van der Waals surface area contributed by atoms with Gasteiger partial charge in [-0.1, -0.05) is 50.3 Å². The molecule has 0 aliphatic heterocycles. The molecular weight excluding hydrogens is 261 g/mol. The topological polar surface area (TPSA) is 12.0 Å². The number of benzene rings is 1. The molecule has 0 radical (unpaired) electrons. The highest BCUT2D eigenvalue weighted by molar-refractivity contribution is 6.31. The zero-order chi connectivity index (χ0) is 13.7. The maximum absolute atomic E-state index is 13.2. The predicted molar refractivity (Wildman–Crippen MR) is 79.0 cm³/mol. The first-order chi connectivity index (χ1) is 9.22. The van der Waals surface area contributed by atoms with Gasteiger partial charge in [-0.05, 0) is 43.0 Å². The van der Waals surface area contributed by atoms with Crippen molar-refractivity contribution in [3.8, 4) is 0 Å². The second-order valence-corrected chi connectivity index (χ2v) is 5.86. The molecule has 0 saturated heterocycles. The maximum atomic E-state index is 13.2. The van der Waals surface area contributed by atoms with Crippen molar-refractivity contribution in [2.45, 2.75) is 51.5 Å². The van der Waals surface area contributed by atoms with Gasteiger partial charge in [0, 0.05) is 11.1 Å². The van der Waals surface area contributed by atoms with Gasteiger partial charge in [0.2, 0.25) is 0 Å². The Morgan fingerprint density at radius 1 is 1.26 bits per heavy atom. The fourth-order valence-corrected chi connectivity index (χ4v) is 3.43. The highest BCUT2D eigenvalue weighted by Gasteiger charge is 2.25. The number of hydrogen-bond acceptors (Lipinski definition) is 1. The van der Waals surface area contributed by atoms with E-state index in [1.807, 2.05) is 6.07 Å². The molecule has 1 unspecified atom stereocenters. The first-order valence-electron chi connectivity index (χ1n) is 7.40. The average molecular weight is 284 g/mol. The summed E-state index contributed by atoms with van der Waals surface area (Å²) in [4.78, 5) is 0. The predicted octanol–water partition coefficient (Wildman–Crippen LogP) is 5.10. The minimum Gasteiger partial charge on any atom is -0.310 e. The summed E-state index contributed by atoms with van der Waals surface area (Å²) in [7, 11) is 0. The minimum atomic E-state index is -0.259. The van der Waals surface area contributed by atoms with E-state index in [1.54, 1.807) is 0 Å². The van der Waals surface area contributed by atoms with Gasteiger partial charge in [-0.3, -0.25) is 0 Å². The fraction of sp³-hybridized carbons (Fsp3) is 0.625. The van der Waals surface area contributed by atoms with Crippen LogP contribution in [-0.2, 0) is 0 Å². The second kappa shape index (κ2) is 7.25. The van der Waals surface area contributed by atoms with Crippen LogP contribution in [0.1, 0.15) is 57.1 Å². The number of hydrogen-bond donors (Lipinski definition) is 1. The first-order valence-corrected chi connectivity index (χ1v) is 7.78. The van der Waals surface area contributed by atoms with Gasteiger partial charge in [0.1, 0.15) is 5.82 Å². The van der Waals surface area contributed by atoms with E-state index in [9.17, 15) is 4.39 Å². The van der Waals surface area contributed by atoms with Crippen LogP contribution in [0.4, 0.5) is 4.39 Å². The molecule has 2 rings (SSSR count). The molecule has 0 spiro atoms. The summed E-state index contributed by atoms with van der Waals surface area (Å²) in [5.41, 5.74) is 1.05. The highest BCUT2D eigenvalue weighted by Crippen LogP contribution is 2.36. The second-order valence-electron chi connectivity index (χ2n) is 5.45. The fourth-order valence-electron chi connectivity index (χ4n) is 3.15. The summed E-state index contributed by atoms with van der Waals surface area (Å²) >= 11 is 6.24. The Bertz CT molecular complexity index is 400. The molecular formula is C16H23ClFN. The van der Waals surface area contributed by atoms with Crippen LogP contribution in [-0.4, -0.2) is 6.54 Å². The average Bonchev–Trinajstić information content (AvgIpc) is 2.65. The molecule has 0 aromatic heterocycles.